The maximum absolute atomic E-state index is 13.2. The molecule has 2 unspecified atom stereocenters. The second-order valence-electron chi connectivity index (χ2n) is 9.47. The molecule has 2 N–H and O–H groups in total. The van der Waals surface area contributed by atoms with Gasteiger partial charge in [0.1, 0.15) is 35.5 Å². The summed E-state index contributed by atoms with van der Waals surface area (Å²) in [5.41, 5.74) is 1.42. The first kappa shape index (κ1) is 26.3. The van der Waals surface area contributed by atoms with Crippen molar-refractivity contribution in [2.45, 2.75) is 51.8 Å². The molecule has 0 bridgehead atoms. The van der Waals surface area contributed by atoms with Gasteiger partial charge >= 0.3 is 6.09 Å². The van der Waals surface area contributed by atoms with Crippen molar-refractivity contribution < 1.29 is 23.9 Å². The number of carbonyl (C=O) groups is 3. The summed E-state index contributed by atoms with van der Waals surface area (Å²) in [5.74, 6) is 0.733. The van der Waals surface area contributed by atoms with Crippen molar-refractivity contribution in [3.8, 4) is 17.6 Å². The largest absolute Gasteiger partial charge is 0.457 e. The summed E-state index contributed by atoms with van der Waals surface area (Å²) in [6, 6.07) is 12.7. The van der Waals surface area contributed by atoms with Gasteiger partial charge in [0.05, 0.1) is 6.07 Å². The lowest BCUT2D eigenvalue weighted by molar-refractivity contribution is -0.133. The smallest absolute Gasteiger partial charge is 0.408 e. The van der Waals surface area contributed by atoms with Crippen LogP contribution in [0.4, 0.5) is 4.79 Å². The number of amides is 2. The molecule has 0 aliphatic heterocycles. The monoisotopic (exact) mass is 490 g/mol. The Labute approximate surface area is 210 Å². The third-order valence-corrected chi connectivity index (χ3v) is 5.52. The Bertz CT molecular complexity index is 1280. The molecule has 188 valence electrons. The van der Waals surface area contributed by atoms with Crippen LogP contribution in [0, 0.1) is 11.3 Å². The molecule has 0 aliphatic rings. The number of aromatic nitrogens is 1. The summed E-state index contributed by atoms with van der Waals surface area (Å²) in [7, 11) is 1.52. The van der Waals surface area contributed by atoms with Crippen LogP contribution in [0.3, 0.4) is 0 Å². The maximum Gasteiger partial charge on any atom is 0.408 e. The zero-order valence-electron chi connectivity index (χ0n) is 21.0. The van der Waals surface area contributed by atoms with Crippen molar-refractivity contribution >= 4 is 29.2 Å². The second kappa shape index (κ2) is 11.0. The quantitative estimate of drug-likeness (QED) is 0.446. The normalized spacial score (nSPS) is 12.8. The minimum atomic E-state index is -0.958. The van der Waals surface area contributed by atoms with Crippen molar-refractivity contribution in [2.75, 3.05) is 7.05 Å². The van der Waals surface area contributed by atoms with Crippen molar-refractivity contribution in [1.82, 2.24) is 15.2 Å². The number of hydrogen-bond acceptors (Lipinski definition) is 6. The number of nitrogens with one attached hydrogen (secondary N) is 2. The number of fused-ring (bicyclic) bond motifs is 1. The molecule has 9 nitrogen and oxygen atoms in total. The van der Waals surface area contributed by atoms with Crippen LogP contribution in [0.5, 0.6) is 11.5 Å². The van der Waals surface area contributed by atoms with Gasteiger partial charge in [0.2, 0.25) is 5.91 Å². The molecular weight excluding hydrogens is 460 g/mol. The van der Waals surface area contributed by atoms with Gasteiger partial charge in [-0.25, -0.2) is 4.79 Å². The number of nitriles is 1. The molecule has 0 spiro atoms. The van der Waals surface area contributed by atoms with E-state index < -0.39 is 29.7 Å². The zero-order chi connectivity index (χ0) is 26.5. The van der Waals surface area contributed by atoms with E-state index in [-0.39, 0.29) is 6.42 Å². The zero-order valence-corrected chi connectivity index (χ0v) is 21.0. The molecule has 2 atom stereocenters. The number of carbonyl (C=O) groups excluding carboxylic acids is 3. The van der Waals surface area contributed by atoms with E-state index in [0.717, 1.165) is 22.8 Å². The second-order valence-corrected chi connectivity index (χ2v) is 9.47. The molecule has 3 rings (SSSR count). The number of alkyl carbamates (subject to hydrolysis) is 1. The van der Waals surface area contributed by atoms with E-state index in [1.165, 1.54) is 11.9 Å². The van der Waals surface area contributed by atoms with Gasteiger partial charge in [0.15, 0.2) is 0 Å². The molecular formula is C27H30N4O5. The highest BCUT2D eigenvalue weighted by Gasteiger charge is 2.29. The third kappa shape index (κ3) is 6.63. The number of rotatable bonds is 8. The van der Waals surface area contributed by atoms with Crippen LogP contribution in [0.25, 0.3) is 10.9 Å². The predicted octanol–water partition coefficient (Wildman–Crippen LogP) is 4.58. The van der Waals surface area contributed by atoms with Crippen molar-refractivity contribution in [1.29, 1.82) is 5.26 Å². The first-order valence-electron chi connectivity index (χ1n) is 11.5. The third-order valence-electron chi connectivity index (χ3n) is 5.52. The van der Waals surface area contributed by atoms with Gasteiger partial charge in [0, 0.05) is 36.1 Å². The number of nitrogens with zero attached hydrogens (tertiary/aromatic N) is 2. The molecule has 9 heteroatoms. The van der Waals surface area contributed by atoms with Crippen LogP contribution >= 0.6 is 0 Å². The number of hydrogen-bond donors (Lipinski definition) is 2. The Morgan fingerprint density at radius 2 is 1.83 bits per heavy atom. The molecule has 1 aromatic heterocycles. The van der Waals surface area contributed by atoms with Gasteiger partial charge in [0.25, 0.3) is 0 Å². The highest BCUT2D eigenvalue weighted by Crippen LogP contribution is 2.28. The SMILES string of the molecule is CC(C#N)N(C)C(=O)C(Cc1c[nH]c2ccc(Oc3ccc(C=O)cc3)cc12)NC(=O)OC(C)(C)C. The molecule has 3 aromatic rings. The first-order valence-corrected chi connectivity index (χ1v) is 11.5. The lowest BCUT2D eigenvalue weighted by atomic mass is 10.0. The Morgan fingerprint density at radius 3 is 2.44 bits per heavy atom. The molecule has 36 heavy (non-hydrogen) atoms. The number of H-pyrrole nitrogens is 1. The van der Waals surface area contributed by atoms with Gasteiger partial charge in [-0.05, 0) is 75.7 Å². The van der Waals surface area contributed by atoms with Crippen molar-refractivity contribution in [3.05, 3.63) is 59.8 Å². The molecule has 0 fully saturated rings. The Morgan fingerprint density at radius 1 is 1.17 bits per heavy atom. The fraction of sp³-hybridized carbons (Fsp3) is 0.333. The highest BCUT2D eigenvalue weighted by molar-refractivity contribution is 5.89. The Hall–Kier alpha value is -4.32. The standard InChI is InChI=1S/C27H30N4O5/c1-17(14-28)31(5)25(33)24(30-26(34)36-27(2,3)4)12-19-15-29-23-11-10-21(13-22(19)23)35-20-8-6-18(16-32)7-9-20/h6-11,13,15-17,24,29H,12H2,1-5H3,(H,30,34). The molecule has 1 heterocycles. The van der Waals surface area contributed by atoms with Crippen LogP contribution in [0.15, 0.2) is 48.7 Å². The fourth-order valence-corrected chi connectivity index (χ4v) is 3.53. The lowest BCUT2D eigenvalue weighted by Crippen LogP contribution is -2.51. The number of benzene rings is 2. The van der Waals surface area contributed by atoms with E-state index in [4.69, 9.17) is 9.47 Å². The average molecular weight is 491 g/mol. The number of ether oxygens (including phenoxy) is 2. The fourth-order valence-electron chi connectivity index (χ4n) is 3.53. The summed E-state index contributed by atoms with van der Waals surface area (Å²) in [6.45, 7) is 6.82. The summed E-state index contributed by atoms with van der Waals surface area (Å²) in [4.78, 5) is 41.1. The topological polar surface area (TPSA) is 125 Å². The summed E-state index contributed by atoms with van der Waals surface area (Å²) < 4.78 is 11.3. The van der Waals surface area contributed by atoms with Crippen LogP contribution in [0.2, 0.25) is 0 Å². The highest BCUT2D eigenvalue weighted by atomic mass is 16.6. The van der Waals surface area contributed by atoms with Crippen molar-refractivity contribution in [2.24, 2.45) is 0 Å². The average Bonchev–Trinajstić information content (AvgIpc) is 3.23. The van der Waals surface area contributed by atoms with E-state index in [9.17, 15) is 19.6 Å². The van der Waals surface area contributed by atoms with E-state index in [0.29, 0.717) is 17.1 Å². The first-order chi connectivity index (χ1) is 17.0. The molecule has 0 saturated carbocycles. The summed E-state index contributed by atoms with van der Waals surface area (Å²) in [6.07, 6.45) is 1.98. The van der Waals surface area contributed by atoms with E-state index in [1.54, 1.807) is 64.2 Å². The van der Waals surface area contributed by atoms with Gasteiger partial charge in [-0.2, -0.15) is 5.26 Å². The predicted molar refractivity (Wildman–Crippen MR) is 135 cm³/mol. The van der Waals surface area contributed by atoms with Crippen LogP contribution in [0.1, 0.15) is 43.6 Å². The van der Waals surface area contributed by atoms with Crippen LogP contribution < -0.4 is 10.1 Å². The molecule has 0 aliphatic carbocycles. The molecule has 0 radical (unpaired) electrons. The number of aromatic amines is 1. The lowest BCUT2D eigenvalue weighted by Gasteiger charge is -2.27. The van der Waals surface area contributed by atoms with Gasteiger partial charge in [-0.1, -0.05) is 0 Å². The van der Waals surface area contributed by atoms with E-state index >= 15 is 0 Å². The van der Waals surface area contributed by atoms with E-state index in [2.05, 4.69) is 10.3 Å². The Kier molecular flexibility index (Phi) is 8.00. The molecule has 2 aromatic carbocycles. The number of aldehydes is 1. The minimum Gasteiger partial charge on any atom is -0.457 e. The summed E-state index contributed by atoms with van der Waals surface area (Å²) in [5, 5.41) is 12.7. The van der Waals surface area contributed by atoms with Gasteiger partial charge < -0.3 is 24.7 Å². The maximum atomic E-state index is 13.2. The van der Waals surface area contributed by atoms with Gasteiger partial charge in [-0.3, -0.25) is 9.59 Å². The molecule has 0 saturated heterocycles. The van der Waals surface area contributed by atoms with Gasteiger partial charge in [-0.15, -0.1) is 0 Å². The number of likely N-dealkylation sites (N-methyl/N-ethyl adjacent to an activating group) is 1. The summed E-state index contributed by atoms with van der Waals surface area (Å²) >= 11 is 0. The van der Waals surface area contributed by atoms with Crippen molar-refractivity contribution in [3.63, 3.8) is 0 Å². The van der Waals surface area contributed by atoms with E-state index in [1.807, 2.05) is 18.2 Å². The molecule has 2 amide bonds. The van der Waals surface area contributed by atoms with Crippen LogP contribution in [-0.2, 0) is 16.0 Å². The minimum absolute atomic E-state index is 0.165. The Balaban J connectivity index is 1.88. The van der Waals surface area contributed by atoms with Crippen LogP contribution in [-0.4, -0.2) is 52.9 Å².